The Morgan fingerprint density at radius 3 is 2.44 bits per heavy atom. The van der Waals surface area contributed by atoms with Crippen LogP contribution in [0.2, 0.25) is 5.02 Å². The average molecular weight is 469 g/mol. The summed E-state index contributed by atoms with van der Waals surface area (Å²) < 4.78 is 50.0. The normalized spacial score (nSPS) is 15.8. The van der Waals surface area contributed by atoms with Crippen LogP contribution >= 0.6 is 11.6 Å². The SMILES string of the molecule is CCOc1ccc(C=C2C(=O)NC(=O)N(c3cc(C(F)(F)F)ccc3Cl)C2=O)cc1OC. The smallest absolute Gasteiger partial charge is 0.416 e. The van der Waals surface area contributed by atoms with Crippen LogP contribution in [-0.4, -0.2) is 31.6 Å². The Labute approximate surface area is 185 Å². The third-order valence-electron chi connectivity index (χ3n) is 4.41. The summed E-state index contributed by atoms with van der Waals surface area (Å²) in [6.07, 6.45) is -3.56. The van der Waals surface area contributed by atoms with Gasteiger partial charge in [-0.1, -0.05) is 17.7 Å². The predicted octanol–water partition coefficient (Wildman–Crippen LogP) is 4.43. The Hall–Kier alpha value is -3.53. The van der Waals surface area contributed by atoms with Crippen LogP contribution in [-0.2, 0) is 15.8 Å². The van der Waals surface area contributed by atoms with E-state index < -0.39 is 40.8 Å². The molecular formula is C21H16ClF3N2O5. The maximum atomic E-state index is 13.1. The van der Waals surface area contributed by atoms with E-state index in [2.05, 4.69) is 0 Å². The minimum absolute atomic E-state index is 0.280. The van der Waals surface area contributed by atoms with Crippen LogP contribution in [0.25, 0.3) is 6.08 Å². The lowest BCUT2D eigenvalue weighted by Gasteiger charge is -2.27. The molecule has 0 radical (unpaired) electrons. The molecule has 11 heteroatoms. The lowest BCUT2D eigenvalue weighted by molar-refractivity contribution is -0.137. The Morgan fingerprint density at radius 2 is 1.81 bits per heavy atom. The first kappa shape index (κ1) is 23.1. The number of amides is 4. The number of ether oxygens (including phenoxy) is 2. The van der Waals surface area contributed by atoms with Gasteiger partial charge in [-0.05, 0) is 48.9 Å². The van der Waals surface area contributed by atoms with E-state index in [9.17, 15) is 27.6 Å². The van der Waals surface area contributed by atoms with Gasteiger partial charge in [0.05, 0.1) is 30.0 Å². The van der Waals surface area contributed by atoms with Gasteiger partial charge in [-0.2, -0.15) is 13.2 Å². The molecule has 0 aromatic heterocycles. The van der Waals surface area contributed by atoms with Gasteiger partial charge in [0.2, 0.25) is 0 Å². The molecule has 1 saturated heterocycles. The van der Waals surface area contributed by atoms with Crippen molar-refractivity contribution in [1.82, 2.24) is 5.32 Å². The van der Waals surface area contributed by atoms with Crippen molar-refractivity contribution < 1.29 is 37.0 Å². The number of anilines is 1. The maximum Gasteiger partial charge on any atom is 0.416 e. The zero-order chi connectivity index (χ0) is 23.6. The van der Waals surface area contributed by atoms with E-state index in [0.29, 0.717) is 40.7 Å². The van der Waals surface area contributed by atoms with Gasteiger partial charge in [-0.15, -0.1) is 0 Å². The summed E-state index contributed by atoms with van der Waals surface area (Å²) in [6.45, 7) is 2.16. The van der Waals surface area contributed by atoms with Crippen molar-refractivity contribution in [3.05, 3.63) is 58.1 Å². The summed E-state index contributed by atoms with van der Waals surface area (Å²) in [5.41, 5.74) is -1.75. The molecule has 0 aliphatic carbocycles. The summed E-state index contributed by atoms with van der Waals surface area (Å²) in [5.74, 6) is -1.37. The standard InChI is InChI=1S/C21H16ClF3N2O5/c1-3-32-16-7-4-11(9-17(16)31-2)8-13-18(28)26-20(30)27(19(13)29)15-10-12(21(23,24)25)5-6-14(15)22/h4-10H,3H2,1-2H3,(H,26,28,30). The Kier molecular flexibility index (Phi) is 6.45. The highest BCUT2D eigenvalue weighted by Crippen LogP contribution is 2.37. The molecule has 0 bridgehead atoms. The van der Waals surface area contributed by atoms with Crippen molar-refractivity contribution in [2.24, 2.45) is 0 Å². The molecule has 1 aliphatic rings. The van der Waals surface area contributed by atoms with E-state index in [-0.39, 0.29) is 5.02 Å². The molecule has 1 fully saturated rings. The van der Waals surface area contributed by atoms with Crippen molar-refractivity contribution in [2.45, 2.75) is 13.1 Å². The van der Waals surface area contributed by atoms with Crippen molar-refractivity contribution >= 4 is 41.2 Å². The van der Waals surface area contributed by atoms with Gasteiger partial charge < -0.3 is 9.47 Å². The summed E-state index contributed by atoms with van der Waals surface area (Å²) in [6, 6.07) is 5.57. The zero-order valence-corrected chi connectivity index (χ0v) is 17.5. The molecule has 0 spiro atoms. The Morgan fingerprint density at radius 1 is 1.09 bits per heavy atom. The second kappa shape index (κ2) is 8.91. The van der Waals surface area contributed by atoms with Gasteiger partial charge in [-0.3, -0.25) is 14.9 Å². The molecule has 2 aromatic carbocycles. The number of imide groups is 2. The topological polar surface area (TPSA) is 84.9 Å². The lowest BCUT2D eigenvalue weighted by atomic mass is 10.1. The van der Waals surface area contributed by atoms with Gasteiger partial charge in [0, 0.05) is 0 Å². The van der Waals surface area contributed by atoms with Gasteiger partial charge in [0.1, 0.15) is 5.57 Å². The monoisotopic (exact) mass is 468 g/mol. The number of halogens is 4. The summed E-state index contributed by atoms with van der Waals surface area (Å²) >= 11 is 5.97. The van der Waals surface area contributed by atoms with Gasteiger partial charge in [-0.25, -0.2) is 9.69 Å². The number of benzene rings is 2. The van der Waals surface area contributed by atoms with Crippen molar-refractivity contribution in [3.8, 4) is 11.5 Å². The highest BCUT2D eigenvalue weighted by molar-refractivity contribution is 6.42. The molecule has 1 heterocycles. The lowest BCUT2D eigenvalue weighted by Crippen LogP contribution is -2.54. The van der Waals surface area contributed by atoms with Gasteiger partial charge in [0.15, 0.2) is 11.5 Å². The fourth-order valence-electron chi connectivity index (χ4n) is 2.95. The summed E-state index contributed by atoms with van der Waals surface area (Å²) in [4.78, 5) is 38.0. The summed E-state index contributed by atoms with van der Waals surface area (Å²) in [7, 11) is 1.41. The van der Waals surface area contributed by atoms with E-state index in [1.807, 2.05) is 5.32 Å². The molecule has 3 rings (SSSR count). The fourth-order valence-corrected chi connectivity index (χ4v) is 3.15. The number of rotatable bonds is 5. The predicted molar refractivity (Wildman–Crippen MR) is 110 cm³/mol. The van der Waals surface area contributed by atoms with Gasteiger partial charge >= 0.3 is 12.2 Å². The number of methoxy groups -OCH3 is 1. The molecule has 1 N–H and O–H groups in total. The number of nitrogens with zero attached hydrogens (tertiary/aromatic N) is 1. The quantitative estimate of drug-likeness (QED) is 0.518. The van der Waals surface area contributed by atoms with Crippen LogP contribution < -0.4 is 19.7 Å². The minimum atomic E-state index is -4.73. The highest BCUT2D eigenvalue weighted by atomic mass is 35.5. The number of urea groups is 1. The number of alkyl halides is 3. The molecule has 7 nitrogen and oxygen atoms in total. The molecule has 168 valence electrons. The fraction of sp³-hybridized carbons (Fsp3) is 0.190. The third-order valence-corrected chi connectivity index (χ3v) is 4.73. The molecular weight excluding hydrogens is 453 g/mol. The molecule has 0 unspecified atom stereocenters. The number of hydrogen-bond donors (Lipinski definition) is 1. The second-order valence-corrected chi connectivity index (χ2v) is 6.87. The molecule has 0 atom stereocenters. The third kappa shape index (κ3) is 4.54. The van der Waals surface area contributed by atoms with Crippen LogP contribution in [0.5, 0.6) is 11.5 Å². The first-order chi connectivity index (χ1) is 15.1. The van der Waals surface area contributed by atoms with Crippen molar-refractivity contribution in [1.29, 1.82) is 0 Å². The first-order valence-corrected chi connectivity index (χ1v) is 9.53. The highest BCUT2D eigenvalue weighted by Gasteiger charge is 2.39. The number of barbiturate groups is 1. The van der Waals surface area contributed by atoms with E-state index in [1.165, 1.54) is 19.3 Å². The minimum Gasteiger partial charge on any atom is -0.493 e. The van der Waals surface area contributed by atoms with Crippen molar-refractivity contribution in [3.63, 3.8) is 0 Å². The Bertz CT molecular complexity index is 1130. The van der Waals surface area contributed by atoms with Crippen LogP contribution in [0.1, 0.15) is 18.1 Å². The maximum absolute atomic E-state index is 13.1. The van der Waals surface area contributed by atoms with Crippen LogP contribution in [0.15, 0.2) is 42.0 Å². The van der Waals surface area contributed by atoms with E-state index in [1.54, 1.807) is 19.1 Å². The number of hydrogen-bond acceptors (Lipinski definition) is 5. The van der Waals surface area contributed by atoms with E-state index in [0.717, 1.165) is 6.07 Å². The second-order valence-electron chi connectivity index (χ2n) is 6.47. The first-order valence-electron chi connectivity index (χ1n) is 9.15. The molecule has 4 amide bonds. The zero-order valence-electron chi connectivity index (χ0n) is 16.7. The van der Waals surface area contributed by atoms with Crippen LogP contribution in [0, 0.1) is 0 Å². The number of nitrogens with one attached hydrogen (secondary N) is 1. The number of carbonyl (C=O) groups excluding carboxylic acids is 3. The molecule has 1 aliphatic heterocycles. The average Bonchev–Trinajstić information content (AvgIpc) is 2.72. The van der Waals surface area contributed by atoms with E-state index in [4.69, 9.17) is 21.1 Å². The van der Waals surface area contributed by atoms with Crippen LogP contribution in [0.3, 0.4) is 0 Å². The largest absolute Gasteiger partial charge is 0.493 e. The van der Waals surface area contributed by atoms with Crippen molar-refractivity contribution in [2.75, 3.05) is 18.6 Å². The Balaban J connectivity index is 2.05. The number of carbonyl (C=O) groups is 3. The van der Waals surface area contributed by atoms with Gasteiger partial charge in [0.25, 0.3) is 11.8 Å². The molecule has 2 aromatic rings. The van der Waals surface area contributed by atoms with Crippen LogP contribution in [0.4, 0.5) is 23.7 Å². The van der Waals surface area contributed by atoms with E-state index >= 15 is 0 Å². The summed E-state index contributed by atoms with van der Waals surface area (Å²) in [5, 5.41) is 1.66. The molecule has 32 heavy (non-hydrogen) atoms. The molecule has 0 saturated carbocycles.